The predicted octanol–water partition coefficient (Wildman–Crippen LogP) is 5.66. The van der Waals surface area contributed by atoms with E-state index in [1.807, 2.05) is 0 Å². The Hall–Kier alpha value is -3.10. The molecule has 0 N–H and O–H groups in total. The zero-order valence-corrected chi connectivity index (χ0v) is 19.4. The van der Waals surface area contributed by atoms with Crippen LogP contribution in [0.3, 0.4) is 0 Å². The Morgan fingerprint density at radius 2 is 1.09 bits per heavy atom. The molecular weight excluding hydrogens is 428 g/mol. The van der Waals surface area contributed by atoms with Gasteiger partial charge >= 0.3 is 11.9 Å². The van der Waals surface area contributed by atoms with Crippen LogP contribution in [0.25, 0.3) is 0 Å². The standard InChI is InChI=1S/C25H32O8/c1-4-5-6-7-8-9-10-23(30-32-24(26)19-11-15-21(28-2)16-12-19)31-33-25(27)20-13-17-22(29-3)18-14-20/h11-18,23H,4-10H2,1-3H3. The molecule has 0 aliphatic heterocycles. The second-order valence-electron chi connectivity index (χ2n) is 7.38. The molecule has 0 heterocycles. The number of ether oxygens (including phenoxy) is 2. The van der Waals surface area contributed by atoms with Gasteiger partial charge in [-0.25, -0.2) is 9.59 Å². The number of carbonyl (C=O) groups is 2. The van der Waals surface area contributed by atoms with E-state index in [0.717, 1.165) is 32.1 Å². The van der Waals surface area contributed by atoms with Crippen molar-refractivity contribution in [2.24, 2.45) is 0 Å². The van der Waals surface area contributed by atoms with Gasteiger partial charge in [-0.15, -0.1) is 9.78 Å². The molecule has 0 atom stereocenters. The van der Waals surface area contributed by atoms with Crippen molar-refractivity contribution in [1.29, 1.82) is 0 Å². The molecule has 0 aromatic heterocycles. The van der Waals surface area contributed by atoms with Crippen LogP contribution in [0.5, 0.6) is 11.5 Å². The Morgan fingerprint density at radius 3 is 1.52 bits per heavy atom. The molecule has 0 unspecified atom stereocenters. The van der Waals surface area contributed by atoms with Crippen molar-refractivity contribution in [3.8, 4) is 11.5 Å². The molecule has 180 valence electrons. The summed E-state index contributed by atoms with van der Waals surface area (Å²) >= 11 is 0. The Balaban J connectivity index is 1.88. The molecule has 0 saturated carbocycles. The van der Waals surface area contributed by atoms with E-state index in [-0.39, 0.29) is 11.1 Å². The number of rotatable bonds is 15. The minimum absolute atomic E-state index is 0.282. The fourth-order valence-electron chi connectivity index (χ4n) is 2.95. The van der Waals surface area contributed by atoms with Gasteiger partial charge in [0.2, 0.25) is 6.29 Å². The number of methoxy groups -OCH3 is 2. The van der Waals surface area contributed by atoms with E-state index in [0.29, 0.717) is 17.9 Å². The summed E-state index contributed by atoms with van der Waals surface area (Å²) < 4.78 is 10.1. The number of unbranched alkanes of at least 4 members (excludes halogenated alkanes) is 5. The SMILES string of the molecule is CCCCCCCCC(OOC(=O)c1ccc(OC)cc1)OOC(=O)c1ccc(OC)cc1. The molecule has 33 heavy (non-hydrogen) atoms. The van der Waals surface area contributed by atoms with E-state index in [1.54, 1.807) is 48.5 Å². The molecule has 2 aromatic carbocycles. The van der Waals surface area contributed by atoms with E-state index >= 15 is 0 Å². The quantitative estimate of drug-likeness (QED) is 0.146. The van der Waals surface area contributed by atoms with E-state index in [2.05, 4.69) is 6.92 Å². The average molecular weight is 461 g/mol. The van der Waals surface area contributed by atoms with Gasteiger partial charge in [-0.3, -0.25) is 9.78 Å². The maximum absolute atomic E-state index is 12.3. The fraction of sp³-hybridized carbons (Fsp3) is 0.440. The van der Waals surface area contributed by atoms with Crippen molar-refractivity contribution in [1.82, 2.24) is 0 Å². The first-order valence-electron chi connectivity index (χ1n) is 11.1. The lowest BCUT2D eigenvalue weighted by Crippen LogP contribution is -2.22. The minimum Gasteiger partial charge on any atom is -0.497 e. The summed E-state index contributed by atoms with van der Waals surface area (Å²) in [6, 6.07) is 12.8. The second-order valence-corrected chi connectivity index (χ2v) is 7.38. The molecule has 2 rings (SSSR count). The number of carbonyl (C=O) groups excluding carboxylic acids is 2. The number of hydrogen-bond acceptors (Lipinski definition) is 8. The fourth-order valence-corrected chi connectivity index (χ4v) is 2.95. The first kappa shape index (κ1) is 26.2. The first-order chi connectivity index (χ1) is 16.1. The summed E-state index contributed by atoms with van der Waals surface area (Å²) in [7, 11) is 3.07. The summed E-state index contributed by atoms with van der Waals surface area (Å²) in [4.78, 5) is 44.7. The van der Waals surface area contributed by atoms with E-state index in [1.165, 1.54) is 20.6 Å². The lowest BCUT2D eigenvalue weighted by molar-refractivity contribution is -0.421. The number of benzene rings is 2. The summed E-state index contributed by atoms with van der Waals surface area (Å²) in [5.41, 5.74) is 0.564. The first-order valence-corrected chi connectivity index (χ1v) is 11.1. The van der Waals surface area contributed by atoms with Crippen LogP contribution in [0.4, 0.5) is 0 Å². The summed E-state index contributed by atoms with van der Waals surface area (Å²) in [5, 5.41) is 0. The van der Waals surface area contributed by atoms with Gasteiger partial charge in [0.25, 0.3) is 0 Å². The van der Waals surface area contributed by atoms with Gasteiger partial charge < -0.3 is 9.47 Å². The highest BCUT2D eigenvalue weighted by Crippen LogP contribution is 2.17. The van der Waals surface area contributed by atoms with E-state index < -0.39 is 18.2 Å². The molecule has 0 aliphatic rings. The molecule has 8 heteroatoms. The molecule has 0 amide bonds. The maximum atomic E-state index is 12.3. The molecule has 0 aliphatic carbocycles. The van der Waals surface area contributed by atoms with Gasteiger partial charge in [0.1, 0.15) is 11.5 Å². The van der Waals surface area contributed by atoms with Crippen LogP contribution in [0.1, 0.15) is 72.6 Å². The summed E-state index contributed by atoms with van der Waals surface area (Å²) in [6.07, 6.45) is 5.64. The van der Waals surface area contributed by atoms with Crippen molar-refractivity contribution in [2.75, 3.05) is 14.2 Å². The maximum Gasteiger partial charge on any atom is 0.373 e. The molecule has 0 bridgehead atoms. The largest absolute Gasteiger partial charge is 0.497 e. The van der Waals surface area contributed by atoms with Crippen LogP contribution >= 0.6 is 0 Å². The highest BCUT2D eigenvalue weighted by Gasteiger charge is 2.19. The van der Waals surface area contributed by atoms with Crippen molar-refractivity contribution in [3.63, 3.8) is 0 Å². The Bertz CT molecular complexity index is 769. The highest BCUT2D eigenvalue weighted by atomic mass is 17.3. The van der Waals surface area contributed by atoms with Crippen LogP contribution in [-0.4, -0.2) is 32.4 Å². The van der Waals surface area contributed by atoms with Crippen molar-refractivity contribution in [3.05, 3.63) is 59.7 Å². The summed E-state index contributed by atoms with van der Waals surface area (Å²) in [5.74, 6) is -0.171. The highest BCUT2D eigenvalue weighted by molar-refractivity contribution is 5.89. The normalized spacial score (nSPS) is 10.7. The average Bonchev–Trinajstić information content (AvgIpc) is 2.86. The smallest absolute Gasteiger partial charge is 0.373 e. The minimum atomic E-state index is -1.06. The molecule has 0 spiro atoms. The van der Waals surface area contributed by atoms with Gasteiger partial charge in [-0.2, -0.15) is 0 Å². The van der Waals surface area contributed by atoms with E-state index in [9.17, 15) is 9.59 Å². The third kappa shape index (κ3) is 9.51. The van der Waals surface area contributed by atoms with Crippen molar-refractivity contribution < 1.29 is 38.6 Å². The van der Waals surface area contributed by atoms with Gasteiger partial charge in [-0.05, 0) is 55.0 Å². The van der Waals surface area contributed by atoms with Crippen LogP contribution in [0.2, 0.25) is 0 Å². The zero-order chi connectivity index (χ0) is 23.9. The Kier molecular flexibility index (Phi) is 11.8. The van der Waals surface area contributed by atoms with Crippen LogP contribution in [0.15, 0.2) is 48.5 Å². The van der Waals surface area contributed by atoms with Gasteiger partial charge in [0, 0.05) is 6.42 Å². The molecule has 8 nitrogen and oxygen atoms in total. The monoisotopic (exact) mass is 460 g/mol. The Labute approximate surface area is 194 Å². The Morgan fingerprint density at radius 1 is 0.667 bits per heavy atom. The summed E-state index contributed by atoms with van der Waals surface area (Å²) in [6.45, 7) is 2.16. The topological polar surface area (TPSA) is 89.5 Å². The van der Waals surface area contributed by atoms with Crippen LogP contribution in [0, 0.1) is 0 Å². The predicted molar refractivity (Wildman–Crippen MR) is 121 cm³/mol. The third-order valence-corrected chi connectivity index (χ3v) is 4.91. The van der Waals surface area contributed by atoms with E-state index in [4.69, 9.17) is 29.0 Å². The van der Waals surface area contributed by atoms with Crippen molar-refractivity contribution in [2.45, 2.75) is 58.2 Å². The van der Waals surface area contributed by atoms with Gasteiger partial charge in [0.15, 0.2) is 0 Å². The molecule has 0 saturated heterocycles. The lowest BCUT2D eigenvalue weighted by atomic mass is 10.1. The van der Waals surface area contributed by atoms with Crippen LogP contribution < -0.4 is 9.47 Å². The zero-order valence-electron chi connectivity index (χ0n) is 19.4. The van der Waals surface area contributed by atoms with Crippen molar-refractivity contribution >= 4 is 11.9 Å². The molecule has 0 fully saturated rings. The molecular formula is C25H32O8. The third-order valence-electron chi connectivity index (χ3n) is 4.91. The van der Waals surface area contributed by atoms with Gasteiger partial charge in [-0.1, -0.05) is 39.0 Å². The van der Waals surface area contributed by atoms with Crippen LogP contribution in [-0.2, 0) is 19.6 Å². The number of hydrogen-bond donors (Lipinski definition) is 0. The second kappa shape index (κ2) is 14.9. The van der Waals surface area contributed by atoms with Gasteiger partial charge in [0.05, 0.1) is 25.3 Å². The molecule has 2 aromatic rings. The molecule has 0 radical (unpaired) electrons. The lowest BCUT2D eigenvalue weighted by Gasteiger charge is -2.15.